The van der Waals surface area contributed by atoms with E-state index in [0.29, 0.717) is 5.41 Å². The van der Waals surface area contributed by atoms with Crippen LogP contribution in [0.1, 0.15) is 40.5 Å². The Hall–Kier alpha value is -0.340. The molecule has 0 saturated heterocycles. The first kappa shape index (κ1) is 14.7. The highest BCUT2D eigenvalue weighted by Gasteiger charge is 2.26. The van der Waals surface area contributed by atoms with E-state index in [-0.39, 0.29) is 0 Å². The second-order valence-electron chi connectivity index (χ2n) is 4.67. The Morgan fingerprint density at radius 3 is 2.07 bits per heavy atom. The minimum atomic E-state index is 0.297. The number of nitrogens with two attached hydrogens (primary N) is 1. The molecule has 0 aliphatic rings. The van der Waals surface area contributed by atoms with Crippen LogP contribution < -0.4 is 5.73 Å². The summed E-state index contributed by atoms with van der Waals surface area (Å²) in [5.41, 5.74) is 7.44. The minimum Gasteiger partial charge on any atom is -0.330 e. The molecule has 0 radical (unpaired) electrons. The van der Waals surface area contributed by atoms with E-state index in [2.05, 4.69) is 39.2 Å². The molecule has 0 rings (SSSR count). The van der Waals surface area contributed by atoms with Crippen LogP contribution in [0.25, 0.3) is 0 Å². The molecule has 2 nitrogen and oxygen atoms in total. The van der Waals surface area contributed by atoms with Gasteiger partial charge in [0.1, 0.15) is 0 Å². The maximum Gasteiger partial charge on any atom is 0.0187 e. The molecular weight excluding hydrogens is 184 g/mol. The zero-order valence-electron chi connectivity index (χ0n) is 11.0. The van der Waals surface area contributed by atoms with Crippen molar-refractivity contribution >= 4 is 0 Å². The lowest BCUT2D eigenvalue weighted by Gasteiger charge is -2.36. The Bertz CT molecular complexity index is 175. The largest absolute Gasteiger partial charge is 0.330 e. The van der Waals surface area contributed by atoms with Crippen molar-refractivity contribution in [1.82, 2.24) is 4.90 Å². The van der Waals surface area contributed by atoms with Crippen LogP contribution in [0.4, 0.5) is 0 Å². The zero-order chi connectivity index (χ0) is 11.9. The Kier molecular flexibility index (Phi) is 6.86. The average Bonchev–Trinajstić information content (AvgIpc) is 2.24. The van der Waals surface area contributed by atoms with E-state index in [1.807, 2.05) is 0 Å². The third-order valence-electron chi connectivity index (χ3n) is 3.43. The molecule has 0 saturated carbocycles. The lowest BCUT2D eigenvalue weighted by Crippen LogP contribution is -2.42. The Labute approximate surface area is 95.5 Å². The summed E-state index contributed by atoms with van der Waals surface area (Å²) < 4.78 is 0. The van der Waals surface area contributed by atoms with Gasteiger partial charge in [-0.2, -0.15) is 0 Å². The predicted octanol–water partition coefficient (Wildman–Crippen LogP) is 2.65. The van der Waals surface area contributed by atoms with Gasteiger partial charge in [-0.3, -0.25) is 4.90 Å². The first-order valence-corrected chi connectivity index (χ1v) is 6.10. The number of rotatable bonds is 8. The predicted molar refractivity (Wildman–Crippen MR) is 69.0 cm³/mol. The molecule has 0 aromatic rings. The molecule has 0 atom stereocenters. The quantitative estimate of drug-likeness (QED) is 0.627. The van der Waals surface area contributed by atoms with E-state index in [0.717, 1.165) is 39.0 Å². The molecule has 0 heterocycles. The molecule has 0 aliphatic carbocycles. The van der Waals surface area contributed by atoms with Crippen molar-refractivity contribution in [2.45, 2.75) is 40.5 Å². The van der Waals surface area contributed by atoms with Crippen molar-refractivity contribution < 1.29 is 0 Å². The summed E-state index contributed by atoms with van der Waals surface area (Å²) in [6.45, 7) is 16.7. The molecule has 15 heavy (non-hydrogen) atoms. The van der Waals surface area contributed by atoms with E-state index in [1.165, 1.54) is 5.57 Å². The molecule has 0 spiro atoms. The summed E-state index contributed by atoms with van der Waals surface area (Å²) >= 11 is 0. The monoisotopic (exact) mass is 212 g/mol. The van der Waals surface area contributed by atoms with Crippen molar-refractivity contribution in [1.29, 1.82) is 0 Å². The molecular formula is C13H28N2. The minimum absolute atomic E-state index is 0.297. The van der Waals surface area contributed by atoms with Gasteiger partial charge in [-0.25, -0.2) is 0 Å². The standard InChI is InChI=1S/C13H28N2/c1-6-13(7-2,10-14)11-15(8-3)9-12(4)5/h4,6-11,14H2,1-3,5H3. The topological polar surface area (TPSA) is 29.3 Å². The smallest absolute Gasteiger partial charge is 0.0187 e. The van der Waals surface area contributed by atoms with Crippen molar-refractivity contribution in [3.05, 3.63) is 12.2 Å². The Morgan fingerprint density at radius 1 is 1.27 bits per heavy atom. The van der Waals surface area contributed by atoms with Gasteiger partial charge in [-0.1, -0.05) is 32.9 Å². The van der Waals surface area contributed by atoms with Crippen LogP contribution >= 0.6 is 0 Å². The van der Waals surface area contributed by atoms with Gasteiger partial charge in [0.15, 0.2) is 0 Å². The van der Waals surface area contributed by atoms with Crippen LogP contribution in [0.15, 0.2) is 12.2 Å². The van der Waals surface area contributed by atoms with Crippen molar-refractivity contribution in [3.8, 4) is 0 Å². The molecule has 2 heteroatoms. The summed E-state index contributed by atoms with van der Waals surface area (Å²) in [4.78, 5) is 2.45. The van der Waals surface area contributed by atoms with Gasteiger partial charge in [-0.15, -0.1) is 0 Å². The molecule has 0 amide bonds. The summed E-state index contributed by atoms with van der Waals surface area (Å²) in [5, 5.41) is 0. The zero-order valence-corrected chi connectivity index (χ0v) is 11.0. The van der Waals surface area contributed by atoms with Gasteiger partial charge >= 0.3 is 0 Å². The number of likely N-dealkylation sites (N-methyl/N-ethyl adjacent to an activating group) is 1. The van der Waals surface area contributed by atoms with Crippen molar-refractivity contribution in [2.75, 3.05) is 26.2 Å². The molecule has 90 valence electrons. The summed E-state index contributed by atoms with van der Waals surface area (Å²) in [7, 11) is 0. The Morgan fingerprint density at radius 2 is 1.80 bits per heavy atom. The SMILES string of the molecule is C=C(C)CN(CC)CC(CC)(CC)CN. The fraction of sp³-hybridized carbons (Fsp3) is 0.846. The summed E-state index contributed by atoms with van der Waals surface area (Å²) in [5.74, 6) is 0. The van der Waals surface area contributed by atoms with Crippen LogP contribution in [0.2, 0.25) is 0 Å². The molecule has 0 aromatic heterocycles. The molecule has 0 aliphatic heterocycles. The highest BCUT2D eigenvalue weighted by atomic mass is 15.1. The third kappa shape index (κ3) is 4.80. The van der Waals surface area contributed by atoms with E-state index < -0.39 is 0 Å². The Balaban J connectivity index is 4.40. The molecule has 0 unspecified atom stereocenters. The lowest BCUT2D eigenvalue weighted by atomic mass is 9.82. The van der Waals surface area contributed by atoms with Gasteiger partial charge in [0.2, 0.25) is 0 Å². The average molecular weight is 212 g/mol. The number of nitrogens with zero attached hydrogens (tertiary/aromatic N) is 1. The second kappa shape index (κ2) is 7.02. The lowest BCUT2D eigenvalue weighted by molar-refractivity contribution is 0.157. The van der Waals surface area contributed by atoms with Crippen LogP contribution in [-0.4, -0.2) is 31.1 Å². The highest BCUT2D eigenvalue weighted by molar-refractivity contribution is 4.93. The van der Waals surface area contributed by atoms with Crippen LogP contribution in [0, 0.1) is 5.41 Å². The van der Waals surface area contributed by atoms with E-state index in [4.69, 9.17) is 5.73 Å². The summed E-state index contributed by atoms with van der Waals surface area (Å²) in [6, 6.07) is 0. The van der Waals surface area contributed by atoms with Crippen molar-refractivity contribution in [2.24, 2.45) is 11.1 Å². The first-order valence-electron chi connectivity index (χ1n) is 6.10. The number of hydrogen-bond acceptors (Lipinski definition) is 2. The van der Waals surface area contributed by atoms with E-state index >= 15 is 0 Å². The second-order valence-corrected chi connectivity index (χ2v) is 4.67. The fourth-order valence-corrected chi connectivity index (χ4v) is 1.96. The van der Waals surface area contributed by atoms with E-state index in [9.17, 15) is 0 Å². The van der Waals surface area contributed by atoms with Crippen LogP contribution in [0.3, 0.4) is 0 Å². The highest BCUT2D eigenvalue weighted by Crippen LogP contribution is 2.26. The van der Waals surface area contributed by atoms with Crippen LogP contribution in [0.5, 0.6) is 0 Å². The van der Waals surface area contributed by atoms with Gasteiger partial charge in [0.05, 0.1) is 0 Å². The normalized spacial score (nSPS) is 12.1. The van der Waals surface area contributed by atoms with E-state index in [1.54, 1.807) is 0 Å². The van der Waals surface area contributed by atoms with Crippen molar-refractivity contribution in [3.63, 3.8) is 0 Å². The van der Waals surface area contributed by atoms with Gasteiger partial charge in [-0.05, 0) is 38.3 Å². The first-order chi connectivity index (χ1) is 7.03. The van der Waals surface area contributed by atoms with Gasteiger partial charge in [0.25, 0.3) is 0 Å². The third-order valence-corrected chi connectivity index (χ3v) is 3.43. The molecule has 2 N–H and O–H groups in total. The number of hydrogen-bond donors (Lipinski definition) is 1. The van der Waals surface area contributed by atoms with Gasteiger partial charge < -0.3 is 5.73 Å². The maximum atomic E-state index is 5.91. The molecule has 0 bridgehead atoms. The maximum absolute atomic E-state index is 5.91. The van der Waals surface area contributed by atoms with Crippen LogP contribution in [-0.2, 0) is 0 Å². The summed E-state index contributed by atoms with van der Waals surface area (Å²) in [6.07, 6.45) is 2.32. The van der Waals surface area contributed by atoms with Gasteiger partial charge in [0, 0.05) is 13.1 Å². The fourth-order valence-electron chi connectivity index (χ4n) is 1.96. The molecule has 0 aromatic carbocycles. The molecule has 0 fully saturated rings.